The van der Waals surface area contributed by atoms with Gasteiger partial charge < -0.3 is 0 Å². The van der Waals surface area contributed by atoms with E-state index in [2.05, 4.69) is 37.9 Å². The molecule has 0 aliphatic carbocycles. The number of aliphatic imine (C=N–C) groups is 1. The van der Waals surface area contributed by atoms with Crippen LogP contribution in [0, 0.1) is 10.1 Å². The van der Waals surface area contributed by atoms with Gasteiger partial charge in [-0.3, -0.25) is 15.1 Å². The quantitative estimate of drug-likeness (QED) is 0.226. The number of allylic oxidation sites excluding steroid dienone is 2. The minimum Gasteiger partial charge on any atom is -0.264 e. The topological polar surface area (TPSA) is 81.3 Å². The van der Waals surface area contributed by atoms with Crippen LogP contribution in [0.4, 0.5) is 5.69 Å². The molecule has 0 saturated carbocycles. The third-order valence-electron chi connectivity index (χ3n) is 4.37. The molecule has 0 amide bonds. The molecule has 0 atom stereocenters. The van der Waals surface area contributed by atoms with Crippen molar-refractivity contribution >= 4 is 34.6 Å². The van der Waals surface area contributed by atoms with Crippen LogP contribution in [0.5, 0.6) is 0 Å². The average molecular weight is 447 g/mol. The van der Waals surface area contributed by atoms with E-state index < -0.39 is 15.8 Å². The van der Waals surface area contributed by atoms with Crippen molar-refractivity contribution in [2.75, 3.05) is 0 Å². The number of nitrogens with zero attached hydrogens (tertiary/aromatic N) is 4. The highest BCUT2D eigenvalue weighted by Crippen LogP contribution is 2.41. The summed E-state index contributed by atoms with van der Waals surface area (Å²) in [5.41, 5.74) is 2.90. The summed E-state index contributed by atoms with van der Waals surface area (Å²) in [5.74, 6) is 0. The number of rotatable bonds is 3. The van der Waals surface area contributed by atoms with Crippen molar-refractivity contribution in [3.63, 3.8) is 0 Å². The number of non-ortho nitro benzene ring substituents is 1. The fraction of sp³-hybridized carbons (Fsp3) is 0. The highest BCUT2D eigenvalue weighted by atomic mass is 32.2. The largest absolute Gasteiger partial charge is 0.269 e. The molecule has 3 heterocycles. The minimum absolute atomic E-state index is 0.0778. The molecule has 1 aromatic heterocycles. The van der Waals surface area contributed by atoms with Gasteiger partial charge in [0.25, 0.3) is 5.69 Å². The van der Waals surface area contributed by atoms with Crippen LogP contribution in [0.3, 0.4) is 0 Å². The van der Waals surface area contributed by atoms with Gasteiger partial charge in [0, 0.05) is 40.6 Å². The third-order valence-corrected chi connectivity index (χ3v) is 7.01. The Kier molecular flexibility index (Phi) is 6.71. The predicted octanol–water partition coefficient (Wildman–Crippen LogP) is 6.14. The fourth-order valence-electron chi connectivity index (χ4n) is 2.84. The first-order valence-electron chi connectivity index (χ1n) is 9.35. The van der Waals surface area contributed by atoms with Gasteiger partial charge in [-0.15, -0.1) is 0 Å². The highest BCUT2D eigenvalue weighted by molar-refractivity contribution is 8.22. The standard InChI is InChI=1S/C14H11N3O2S.C9H7NS/c18-17(19)12-5-3-11(4-6-12)13-9-14(16-10-15-13)20-7-1-2-8-20;1-2-4-9-8(3-1)7-10-5-6-11-9/h1-10,20H;1-7H. The number of hydrogen-bond acceptors (Lipinski definition) is 6. The Hall–Kier alpha value is -3.49. The maximum absolute atomic E-state index is 10.6. The van der Waals surface area contributed by atoms with Crippen molar-refractivity contribution in [3.8, 4) is 11.3 Å². The summed E-state index contributed by atoms with van der Waals surface area (Å²) in [7, 11) is -0.484. The number of thiol groups is 1. The number of benzene rings is 2. The highest BCUT2D eigenvalue weighted by Gasteiger charge is 2.09. The second-order valence-corrected chi connectivity index (χ2v) is 9.19. The lowest BCUT2D eigenvalue weighted by atomic mass is 10.1. The Morgan fingerprint density at radius 1 is 0.968 bits per heavy atom. The number of nitro benzene ring substituents is 1. The Labute approximate surface area is 186 Å². The van der Waals surface area contributed by atoms with Crippen molar-refractivity contribution in [1.82, 2.24) is 9.97 Å². The van der Waals surface area contributed by atoms with Crippen LogP contribution in [-0.2, 0) is 0 Å². The molecule has 0 fully saturated rings. The lowest BCUT2D eigenvalue weighted by molar-refractivity contribution is -0.384. The predicted molar refractivity (Wildman–Crippen MR) is 129 cm³/mol. The summed E-state index contributed by atoms with van der Waals surface area (Å²) in [4.78, 5) is 24.1. The van der Waals surface area contributed by atoms with Crippen molar-refractivity contribution in [2.24, 2.45) is 4.99 Å². The van der Waals surface area contributed by atoms with Gasteiger partial charge in [0.05, 0.1) is 15.6 Å². The van der Waals surface area contributed by atoms with E-state index in [9.17, 15) is 10.1 Å². The molecular formula is C23H18N4O2S2. The summed E-state index contributed by atoms with van der Waals surface area (Å²) in [6.07, 6.45) is 9.25. The monoisotopic (exact) mass is 446 g/mol. The number of fused-ring (bicyclic) bond motifs is 1. The van der Waals surface area contributed by atoms with E-state index >= 15 is 0 Å². The van der Waals surface area contributed by atoms with Crippen LogP contribution in [0.25, 0.3) is 11.3 Å². The van der Waals surface area contributed by atoms with E-state index in [-0.39, 0.29) is 5.69 Å². The van der Waals surface area contributed by atoms with Crippen molar-refractivity contribution in [1.29, 1.82) is 0 Å². The van der Waals surface area contributed by atoms with E-state index in [4.69, 9.17) is 0 Å². The summed E-state index contributed by atoms with van der Waals surface area (Å²) < 4.78 is 0. The zero-order valence-electron chi connectivity index (χ0n) is 16.3. The molecule has 8 heteroatoms. The molecule has 6 nitrogen and oxygen atoms in total. The summed E-state index contributed by atoms with van der Waals surface area (Å²) >= 11 is 1.70. The number of hydrogen-bond donors (Lipinski definition) is 1. The maximum Gasteiger partial charge on any atom is 0.269 e. The van der Waals surface area contributed by atoms with Crippen molar-refractivity contribution in [2.45, 2.75) is 9.92 Å². The number of aromatic nitrogens is 2. The van der Waals surface area contributed by atoms with Crippen LogP contribution in [-0.4, -0.2) is 21.1 Å². The Morgan fingerprint density at radius 3 is 2.52 bits per heavy atom. The molecule has 154 valence electrons. The smallest absolute Gasteiger partial charge is 0.264 e. The fourth-order valence-corrected chi connectivity index (χ4v) is 4.97. The first-order valence-corrected chi connectivity index (χ1v) is 11.7. The summed E-state index contributed by atoms with van der Waals surface area (Å²) in [6, 6.07) is 16.5. The van der Waals surface area contributed by atoms with Gasteiger partial charge in [-0.2, -0.15) is 10.9 Å². The van der Waals surface area contributed by atoms with E-state index in [1.807, 2.05) is 48.2 Å². The van der Waals surface area contributed by atoms with E-state index in [1.54, 1.807) is 23.9 Å². The second-order valence-electron chi connectivity index (χ2n) is 6.37. The summed E-state index contributed by atoms with van der Waals surface area (Å²) in [5, 5.41) is 17.9. The van der Waals surface area contributed by atoms with E-state index in [1.165, 1.54) is 28.9 Å². The van der Waals surface area contributed by atoms with Crippen LogP contribution in [0.1, 0.15) is 5.56 Å². The van der Waals surface area contributed by atoms with Gasteiger partial charge >= 0.3 is 0 Å². The normalized spacial score (nSPS) is 14.5. The molecule has 0 bridgehead atoms. The third kappa shape index (κ3) is 5.36. The molecule has 0 spiro atoms. The van der Waals surface area contributed by atoms with Crippen molar-refractivity contribution in [3.05, 3.63) is 111 Å². The molecule has 2 aromatic carbocycles. The molecule has 31 heavy (non-hydrogen) atoms. The van der Waals surface area contributed by atoms with Crippen molar-refractivity contribution < 1.29 is 4.92 Å². The van der Waals surface area contributed by atoms with Crippen LogP contribution in [0.2, 0.25) is 0 Å². The number of nitro groups is 1. The van der Waals surface area contributed by atoms with Crippen LogP contribution < -0.4 is 0 Å². The molecule has 3 aromatic rings. The molecular weight excluding hydrogens is 428 g/mol. The lowest BCUT2D eigenvalue weighted by Gasteiger charge is -2.10. The van der Waals surface area contributed by atoms with Gasteiger partial charge in [-0.05, 0) is 40.5 Å². The second kappa shape index (κ2) is 10.0. The van der Waals surface area contributed by atoms with Crippen LogP contribution in [0.15, 0.2) is 110 Å². The first kappa shape index (κ1) is 20.8. The lowest BCUT2D eigenvalue weighted by Crippen LogP contribution is -1.90. The SMILES string of the molecule is C1=CSc2ccccc2C=N1.O=[N+]([O-])c1ccc(-c2cc([SH]3C=CC=C3)ncn2)cc1. The molecule has 0 saturated heterocycles. The first-order chi connectivity index (χ1) is 15.2. The van der Waals surface area contributed by atoms with E-state index in [0.29, 0.717) is 0 Å². The zero-order valence-corrected chi connectivity index (χ0v) is 18.0. The molecule has 0 unspecified atom stereocenters. The number of thioether (sulfide) groups is 1. The Balaban J connectivity index is 0.000000177. The van der Waals surface area contributed by atoms with Gasteiger partial charge in [0.2, 0.25) is 0 Å². The Bertz CT molecular complexity index is 1190. The van der Waals surface area contributed by atoms with Gasteiger partial charge in [0.15, 0.2) is 0 Å². The maximum atomic E-state index is 10.6. The average Bonchev–Trinajstić information content (AvgIpc) is 3.25. The van der Waals surface area contributed by atoms with Gasteiger partial charge in [0.1, 0.15) is 6.33 Å². The molecule has 2 aliphatic rings. The summed E-state index contributed by atoms with van der Waals surface area (Å²) in [6.45, 7) is 0. The van der Waals surface area contributed by atoms with E-state index in [0.717, 1.165) is 16.3 Å². The Morgan fingerprint density at radius 2 is 1.74 bits per heavy atom. The molecule has 0 radical (unpaired) electrons. The molecule has 2 aliphatic heterocycles. The molecule has 5 rings (SSSR count). The zero-order chi connectivity index (χ0) is 21.5. The van der Waals surface area contributed by atoms with Gasteiger partial charge in [-0.25, -0.2) is 9.97 Å². The molecule has 0 N–H and O–H groups in total. The van der Waals surface area contributed by atoms with Gasteiger partial charge in [-0.1, -0.05) is 42.1 Å². The minimum atomic E-state index is -0.484. The van der Waals surface area contributed by atoms with Crippen LogP contribution >= 0.6 is 22.7 Å².